The third-order valence-corrected chi connectivity index (χ3v) is 4.75. The number of nitrogens with zero attached hydrogens (tertiary/aromatic N) is 3. The molecule has 1 saturated heterocycles. The summed E-state index contributed by atoms with van der Waals surface area (Å²) in [6.45, 7) is 2.01. The topological polar surface area (TPSA) is 62.7 Å². The summed E-state index contributed by atoms with van der Waals surface area (Å²) in [5.41, 5.74) is 2.92. The van der Waals surface area contributed by atoms with Crippen LogP contribution >= 0.6 is 11.6 Å². The van der Waals surface area contributed by atoms with E-state index in [0.29, 0.717) is 16.9 Å². The summed E-state index contributed by atoms with van der Waals surface area (Å²) >= 11 is 6.04. The highest BCUT2D eigenvalue weighted by molar-refractivity contribution is 6.30. The van der Waals surface area contributed by atoms with Crippen molar-refractivity contribution < 1.29 is 0 Å². The quantitative estimate of drug-likeness (QED) is 0.731. The normalized spacial score (nSPS) is 17.0. The van der Waals surface area contributed by atoms with Gasteiger partial charge in [0, 0.05) is 47.3 Å². The molecule has 0 bridgehead atoms. The first-order chi connectivity index (χ1) is 12.8. The van der Waals surface area contributed by atoms with Crippen LogP contribution in [0.15, 0.2) is 55.0 Å². The van der Waals surface area contributed by atoms with Gasteiger partial charge in [-0.15, -0.1) is 0 Å². The van der Waals surface area contributed by atoms with E-state index in [4.69, 9.17) is 16.6 Å². The first kappa shape index (κ1) is 16.9. The Bertz CT molecular complexity index is 861. The molecule has 1 unspecified atom stereocenters. The van der Waals surface area contributed by atoms with Gasteiger partial charge in [0.25, 0.3) is 0 Å². The van der Waals surface area contributed by atoms with Gasteiger partial charge in [0.15, 0.2) is 5.82 Å². The molecule has 0 spiro atoms. The van der Waals surface area contributed by atoms with E-state index in [1.165, 1.54) is 0 Å². The maximum Gasteiger partial charge on any atom is 0.163 e. The van der Waals surface area contributed by atoms with Crippen LogP contribution in [-0.2, 0) is 0 Å². The Morgan fingerprint density at radius 1 is 1.08 bits per heavy atom. The summed E-state index contributed by atoms with van der Waals surface area (Å²) < 4.78 is 0. The average Bonchev–Trinajstić information content (AvgIpc) is 2.70. The van der Waals surface area contributed by atoms with Gasteiger partial charge >= 0.3 is 0 Å². The van der Waals surface area contributed by atoms with E-state index in [9.17, 15) is 0 Å². The van der Waals surface area contributed by atoms with E-state index in [2.05, 4.69) is 20.6 Å². The molecular weight excluding hydrogens is 346 g/mol. The Hall–Kier alpha value is -2.50. The molecule has 1 atom stereocenters. The molecule has 1 aliphatic heterocycles. The first-order valence-corrected chi connectivity index (χ1v) is 9.18. The monoisotopic (exact) mass is 365 g/mol. The third-order valence-electron chi connectivity index (χ3n) is 4.50. The van der Waals surface area contributed by atoms with Gasteiger partial charge in [-0.3, -0.25) is 4.98 Å². The number of anilines is 1. The molecule has 3 aromatic rings. The van der Waals surface area contributed by atoms with Crippen molar-refractivity contribution in [3.8, 4) is 22.5 Å². The van der Waals surface area contributed by atoms with Crippen LogP contribution in [0.25, 0.3) is 22.5 Å². The van der Waals surface area contributed by atoms with Crippen molar-refractivity contribution in [1.29, 1.82) is 0 Å². The van der Waals surface area contributed by atoms with E-state index < -0.39 is 0 Å². The second-order valence-electron chi connectivity index (χ2n) is 6.39. The average molecular weight is 366 g/mol. The number of nitrogens with one attached hydrogen (secondary N) is 2. The Kier molecular flexibility index (Phi) is 5.09. The molecule has 1 aromatic carbocycles. The lowest BCUT2D eigenvalue weighted by Crippen LogP contribution is -2.38. The molecule has 2 N–H and O–H groups in total. The molecule has 0 radical (unpaired) electrons. The van der Waals surface area contributed by atoms with Gasteiger partial charge in [-0.05, 0) is 49.2 Å². The maximum absolute atomic E-state index is 6.04. The zero-order chi connectivity index (χ0) is 17.8. The van der Waals surface area contributed by atoms with E-state index >= 15 is 0 Å². The minimum absolute atomic E-state index is 0.353. The van der Waals surface area contributed by atoms with Crippen LogP contribution < -0.4 is 10.6 Å². The van der Waals surface area contributed by atoms with Crippen molar-refractivity contribution in [3.05, 3.63) is 60.0 Å². The van der Waals surface area contributed by atoms with Gasteiger partial charge in [-0.2, -0.15) is 0 Å². The van der Waals surface area contributed by atoms with Gasteiger partial charge in [-0.1, -0.05) is 23.7 Å². The van der Waals surface area contributed by atoms with Crippen LogP contribution in [0.2, 0.25) is 5.02 Å². The fourth-order valence-corrected chi connectivity index (χ4v) is 3.26. The van der Waals surface area contributed by atoms with Crippen LogP contribution in [0.3, 0.4) is 0 Å². The van der Waals surface area contributed by atoms with Gasteiger partial charge in [-0.25, -0.2) is 9.97 Å². The number of halogens is 1. The minimum atomic E-state index is 0.353. The predicted octanol–water partition coefficient (Wildman–Crippen LogP) is 4.02. The van der Waals surface area contributed by atoms with Gasteiger partial charge in [0.2, 0.25) is 0 Å². The fraction of sp³-hybridized carbons (Fsp3) is 0.250. The number of rotatable bonds is 4. The molecule has 5 nitrogen and oxygen atoms in total. The van der Waals surface area contributed by atoms with Gasteiger partial charge in [0.1, 0.15) is 5.82 Å². The summed E-state index contributed by atoms with van der Waals surface area (Å²) in [5.74, 6) is 1.51. The molecule has 6 heteroatoms. The summed E-state index contributed by atoms with van der Waals surface area (Å²) in [6.07, 6.45) is 7.69. The summed E-state index contributed by atoms with van der Waals surface area (Å²) in [4.78, 5) is 13.5. The second kappa shape index (κ2) is 7.81. The molecular formula is C20H20ClN5. The second-order valence-corrected chi connectivity index (χ2v) is 6.83. The fourth-order valence-electron chi connectivity index (χ4n) is 3.14. The van der Waals surface area contributed by atoms with E-state index in [1.54, 1.807) is 12.4 Å². The Balaban J connectivity index is 1.73. The van der Waals surface area contributed by atoms with Crippen molar-refractivity contribution in [3.63, 3.8) is 0 Å². The molecule has 1 fully saturated rings. The van der Waals surface area contributed by atoms with Crippen molar-refractivity contribution in [2.45, 2.75) is 18.9 Å². The van der Waals surface area contributed by atoms with Crippen molar-refractivity contribution in [2.24, 2.45) is 0 Å². The smallest absolute Gasteiger partial charge is 0.163 e. The van der Waals surface area contributed by atoms with E-state index in [0.717, 1.165) is 48.4 Å². The van der Waals surface area contributed by atoms with Crippen molar-refractivity contribution in [2.75, 3.05) is 18.4 Å². The number of hydrogen-bond donors (Lipinski definition) is 2. The number of piperidine rings is 1. The summed E-state index contributed by atoms with van der Waals surface area (Å²) in [7, 11) is 0. The third kappa shape index (κ3) is 3.84. The van der Waals surface area contributed by atoms with E-state index in [1.807, 2.05) is 42.6 Å². The zero-order valence-electron chi connectivity index (χ0n) is 14.3. The molecule has 132 valence electrons. The Labute approximate surface area is 157 Å². The van der Waals surface area contributed by atoms with Crippen molar-refractivity contribution >= 4 is 17.4 Å². The highest BCUT2D eigenvalue weighted by Gasteiger charge is 2.17. The molecule has 0 amide bonds. The molecule has 1 aliphatic rings. The highest BCUT2D eigenvalue weighted by Crippen LogP contribution is 2.29. The van der Waals surface area contributed by atoms with E-state index in [-0.39, 0.29) is 0 Å². The SMILES string of the molecule is Clc1ccc(-c2cnc(-c3cccnc3)nc2NC2CCCNC2)cc1. The largest absolute Gasteiger partial charge is 0.365 e. The van der Waals surface area contributed by atoms with Crippen LogP contribution in [0.1, 0.15) is 12.8 Å². The summed E-state index contributed by atoms with van der Waals surface area (Å²) in [6, 6.07) is 12.0. The first-order valence-electron chi connectivity index (χ1n) is 8.80. The van der Waals surface area contributed by atoms with Crippen LogP contribution in [-0.4, -0.2) is 34.1 Å². The zero-order valence-corrected chi connectivity index (χ0v) is 15.1. The number of aromatic nitrogens is 3. The lowest BCUT2D eigenvalue weighted by atomic mass is 10.1. The maximum atomic E-state index is 6.04. The van der Waals surface area contributed by atoms with Crippen LogP contribution in [0, 0.1) is 0 Å². The predicted molar refractivity (Wildman–Crippen MR) is 105 cm³/mol. The lowest BCUT2D eigenvalue weighted by molar-refractivity contribution is 0.479. The molecule has 4 rings (SSSR count). The molecule has 0 aliphatic carbocycles. The molecule has 0 saturated carbocycles. The number of pyridine rings is 1. The highest BCUT2D eigenvalue weighted by atomic mass is 35.5. The number of hydrogen-bond acceptors (Lipinski definition) is 5. The minimum Gasteiger partial charge on any atom is -0.365 e. The lowest BCUT2D eigenvalue weighted by Gasteiger charge is -2.25. The Morgan fingerprint density at radius 2 is 1.96 bits per heavy atom. The van der Waals surface area contributed by atoms with Crippen LogP contribution in [0.5, 0.6) is 0 Å². The van der Waals surface area contributed by atoms with Crippen molar-refractivity contribution in [1.82, 2.24) is 20.3 Å². The molecule has 2 aromatic heterocycles. The molecule has 3 heterocycles. The number of benzene rings is 1. The Morgan fingerprint density at radius 3 is 2.69 bits per heavy atom. The van der Waals surface area contributed by atoms with Gasteiger partial charge < -0.3 is 10.6 Å². The standard InChI is InChI=1S/C20H20ClN5/c21-16-7-5-14(6-8-16)18-13-24-19(15-3-1-9-22-11-15)26-20(18)25-17-4-2-10-23-12-17/h1,3,5-9,11,13,17,23H,2,4,10,12H2,(H,24,25,26). The summed E-state index contributed by atoms with van der Waals surface area (Å²) in [5, 5.41) is 7.76. The van der Waals surface area contributed by atoms with Gasteiger partial charge in [0.05, 0.1) is 0 Å². The molecule has 26 heavy (non-hydrogen) atoms. The van der Waals surface area contributed by atoms with Crippen LogP contribution in [0.4, 0.5) is 5.82 Å².